The van der Waals surface area contributed by atoms with Gasteiger partial charge in [0.05, 0.1) is 11.1 Å². The molecule has 0 spiro atoms. The molecule has 0 aliphatic carbocycles. The lowest BCUT2D eigenvalue weighted by atomic mass is 9.93. The average Bonchev–Trinajstić information content (AvgIpc) is 2.43. The van der Waals surface area contributed by atoms with Crippen LogP contribution in [0, 0.1) is 5.92 Å². The molecule has 1 amide bonds. The molecule has 1 aromatic heterocycles. The van der Waals surface area contributed by atoms with Crippen LogP contribution in [0.5, 0.6) is 0 Å². The van der Waals surface area contributed by atoms with Crippen molar-refractivity contribution in [2.24, 2.45) is 11.7 Å². The van der Waals surface area contributed by atoms with Gasteiger partial charge in [0.15, 0.2) is 0 Å². The molecule has 1 atom stereocenters. The molecule has 1 aromatic carbocycles. The van der Waals surface area contributed by atoms with E-state index in [0.29, 0.717) is 18.6 Å². The number of hydrogen-bond acceptors (Lipinski definition) is 5. The number of aromatic nitrogens is 2. The number of nitrogens with one attached hydrogen (secondary N) is 2. The van der Waals surface area contributed by atoms with Gasteiger partial charge in [-0.05, 0) is 18.2 Å². The van der Waals surface area contributed by atoms with E-state index in [9.17, 15) is 18.0 Å². The summed E-state index contributed by atoms with van der Waals surface area (Å²) < 4.78 is 38.7. The highest BCUT2D eigenvalue weighted by molar-refractivity contribution is 5.92. The molecular formula is C14H14F3N5O. The summed E-state index contributed by atoms with van der Waals surface area (Å²) in [5.74, 6) is -0.435. The summed E-state index contributed by atoms with van der Waals surface area (Å²) >= 11 is 0. The molecule has 1 unspecified atom stereocenters. The largest absolute Gasteiger partial charge is 0.416 e. The van der Waals surface area contributed by atoms with Crippen molar-refractivity contribution >= 4 is 22.6 Å². The zero-order chi connectivity index (χ0) is 16.6. The van der Waals surface area contributed by atoms with Crippen LogP contribution in [0.4, 0.5) is 19.0 Å². The van der Waals surface area contributed by atoms with E-state index in [4.69, 9.17) is 5.73 Å². The van der Waals surface area contributed by atoms with Crippen LogP contribution in [0.15, 0.2) is 24.5 Å². The lowest BCUT2D eigenvalue weighted by molar-refractivity contribution is -0.137. The highest BCUT2D eigenvalue weighted by Gasteiger charge is 2.33. The molecule has 1 aliphatic heterocycles. The Balaban J connectivity index is 2.00. The number of carbonyl (C=O) groups is 1. The van der Waals surface area contributed by atoms with Crippen LogP contribution in [0.1, 0.15) is 5.56 Å². The molecule has 1 fully saturated rings. The lowest BCUT2D eigenvalue weighted by Gasteiger charge is -2.33. The molecular weight excluding hydrogens is 311 g/mol. The number of alkyl halides is 3. The van der Waals surface area contributed by atoms with Gasteiger partial charge in [0.25, 0.3) is 0 Å². The number of carbonyl (C=O) groups excluding carboxylic acids is 1. The van der Waals surface area contributed by atoms with E-state index < -0.39 is 23.7 Å². The van der Waals surface area contributed by atoms with Crippen molar-refractivity contribution in [1.29, 1.82) is 0 Å². The average molecular weight is 325 g/mol. The minimum Gasteiger partial charge on any atom is -0.368 e. The third kappa shape index (κ3) is 3.04. The second kappa shape index (κ2) is 5.65. The first-order chi connectivity index (χ1) is 10.9. The van der Waals surface area contributed by atoms with Gasteiger partial charge < -0.3 is 16.4 Å². The fourth-order valence-corrected chi connectivity index (χ4v) is 2.46. The topological polar surface area (TPSA) is 92.9 Å². The first-order valence-corrected chi connectivity index (χ1v) is 6.95. The van der Waals surface area contributed by atoms with Crippen LogP contribution in [-0.4, -0.2) is 35.0 Å². The number of primary amides is 1. The summed E-state index contributed by atoms with van der Waals surface area (Å²) in [7, 11) is 0. The molecule has 122 valence electrons. The molecule has 3 rings (SSSR count). The Kier molecular flexibility index (Phi) is 3.80. The fourth-order valence-electron chi connectivity index (χ4n) is 2.46. The quantitative estimate of drug-likeness (QED) is 0.784. The number of amides is 1. The zero-order valence-electron chi connectivity index (χ0n) is 11.9. The van der Waals surface area contributed by atoms with Gasteiger partial charge in [0.1, 0.15) is 18.2 Å². The van der Waals surface area contributed by atoms with Crippen molar-refractivity contribution in [3.63, 3.8) is 0 Å². The maximum atomic E-state index is 12.9. The molecule has 0 saturated carbocycles. The highest BCUT2D eigenvalue weighted by atomic mass is 19.4. The Hall–Kier alpha value is -2.42. The number of nitrogens with two attached hydrogens (primary N) is 1. The Morgan fingerprint density at radius 1 is 1.35 bits per heavy atom. The van der Waals surface area contributed by atoms with Crippen LogP contribution in [-0.2, 0) is 11.0 Å². The van der Waals surface area contributed by atoms with Crippen molar-refractivity contribution in [3.05, 3.63) is 30.1 Å². The maximum absolute atomic E-state index is 12.9. The first kappa shape index (κ1) is 15.5. The Labute approximate surface area is 129 Å². The summed E-state index contributed by atoms with van der Waals surface area (Å²) in [6, 6.07) is 2.49. The highest BCUT2D eigenvalue weighted by Crippen LogP contribution is 2.32. The van der Waals surface area contributed by atoms with Crippen molar-refractivity contribution in [2.45, 2.75) is 12.2 Å². The predicted octanol–water partition coefficient (Wildman–Crippen LogP) is 1.13. The minimum absolute atomic E-state index is 0.0247. The molecule has 9 heteroatoms. The summed E-state index contributed by atoms with van der Waals surface area (Å²) in [6.45, 7) is 1.22. The van der Waals surface area contributed by atoms with Crippen molar-refractivity contribution in [3.8, 4) is 0 Å². The third-order valence-electron chi connectivity index (χ3n) is 3.85. The molecule has 0 radical (unpaired) electrons. The van der Waals surface area contributed by atoms with Gasteiger partial charge >= 0.3 is 6.18 Å². The number of rotatable bonds is 4. The maximum Gasteiger partial charge on any atom is 0.416 e. The zero-order valence-corrected chi connectivity index (χ0v) is 11.9. The second-order valence-electron chi connectivity index (χ2n) is 5.39. The Bertz CT molecular complexity index is 745. The van der Waals surface area contributed by atoms with Crippen molar-refractivity contribution in [1.82, 2.24) is 15.3 Å². The second-order valence-corrected chi connectivity index (χ2v) is 5.39. The van der Waals surface area contributed by atoms with E-state index in [1.165, 1.54) is 12.4 Å². The minimum atomic E-state index is -4.47. The van der Waals surface area contributed by atoms with E-state index in [1.54, 1.807) is 0 Å². The van der Waals surface area contributed by atoms with Gasteiger partial charge in [-0.1, -0.05) is 0 Å². The van der Waals surface area contributed by atoms with Crippen LogP contribution >= 0.6 is 0 Å². The molecule has 23 heavy (non-hydrogen) atoms. The summed E-state index contributed by atoms with van der Waals surface area (Å²) in [4.78, 5) is 19.5. The van der Waals surface area contributed by atoms with Gasteiger partial charge in [-0.25, -0.2) is 9.97 Å². The van der Waals surface area contributed by atoms with Gasteiger partial charge in [0.2, 0.25) is 5.91 Å². The first-order valence-electron chi connectivity index (χ1n) is 6.95. The number of benzene rings is 1. The molecule has 1 aliphatic rings. The lowest BCUT2D eigenvalue weighted by Crippen LogP contribution is -2.55. The Morgan fingerprint density at radius 2 is 2.09 bits per heavy atom. The third-order valence-corrected chi connectivity index (χ3v) is 3.85. The van der Waals surface area contributed by atoms with Crippen LogP contribution in [0.2, 0.25) is 0 Å². The standard InChI is InChI=1S/C14H14F3N5O/c15-14(16,17)8-1-2-10-9(3-8)13(21-6-20-10)22-11(12(18)23)7-4-19-5-7/h1-3,6-7,11,19H,4-5H2,(H2,18,23)(H,20,21,22). The monoisotopic (exact) mass is 325 g/mol. The number of hydrogen-bond donors (Lipinski definition) is 3. The predicted molar refractivity (Wildman–Crippen MR) is 77.5 cm³/mol. The van der Waals surface area contributed by atoms with Gasteiger partial charge in [0, 0.05) is 24.4 Å². The van der Waals surface area contributed by atoms with E-state index in [-0.39, 0.29) is 17.1 Å². The Morgan fingerprint density at radius 3 is 2.65 bits per heavy atom. The summed E-state index contributed by atoms with van der Waals surface area (Å²) in [5.41, 5.74) is 4.94. The number of nitrogens with zero attached hydrogens (tertiary/aromatic N) is 2. The van der Waals surface area contributed by atoms with E-state index in [2.05, 4.69) is 20.6 Å². The van der Waals surface area contributed by atoms with Gasteiger partial charge in [-0.3, -0.25) is 4.79 Å². The molecule has 0 bridgehead atoms. The van der Waals surface area contributed by atoms with Gasteiger partial charge in [-0.15, -0.1) is 0 Å². The molecule has 6 nitrogen and oxygen atoms in total. The summed E-state index contributed by atoms with van der Waals surface area (Å²) in [5, 5.41) is 6.08. The number of anilines is 1. The summed E-state index contributed by atoms with van der Waals surface area (Å²) in [6.07, 6.45) is -3.24. The molecule has 4 N–H and O–H groups in total. The molecule has 1 saturated heterocycles. The SMILES string of the molecule is NC(=O)C(Nc1ncnc2ccc(C(F)(F)F)cc12)C1CNC1. The van der Waals surface area contributed by atoms with E-state index in [0.717, 1.165) is 12.1 Å². The van der Waals surface area contributed by atoms with E-state index >= 15 is 0 Å². The van der Waals surface area contributed by atoms with E-state index in [1.807, 2.05) is 0 Å². The van der Waals surface area contributed by atoms with Crippen molar-refractivity contribution < 1.29 is 18.0 Å². The fraction of sp³-hybridized carbons (Fsp3) is 0.357. The smallest absolute Gasteiger partial charge is 0.368 e. The van der Waals surface area contributed by atoms with Crippen molar-refractivity contribution in [2.75, 3.05) is 18.4 Å². The molecule has 2 heterocycles. The molecule has 2 aromatic rings. The number of fused-ring (bicyclic) bond motifs is 1. The van der Waals surface area contributed by atoms with Crippen LogP contribution in [0.25, 0.3) is 10.9 Å². The van der Waals surface area contributed by atoms with Crippen LogP contribution < -0.4 is 16.4 Å². The van der Waals surface area contributed by atoms with Gasteiger partial charge in [-0.2, -0.15) is 13.2 Å². The van der Waals surface area contributed by atoms with Crippen LogP contribution in [0.3, 0.4) is 0 Å². The normalized spacial score (nSPS) is 16.8. The number of halogens is 3.